The Labute approximate surface area is 88.7 Å². The second-order valence-corrected chi connectivity index (χ2v) is 3.74. The van der Waals surface area contributed by atoms with Crippen molar-refractivity contribution in [2.24, 2.45) is 5.92 Å². The van der Waals surface area contributed by atoms with E-state index in [1.165, 1.54) is 25.7 Å². The summed E-state index contributed by atoms with van der Waals surface area (Å²) in [6.45, 7) is 9.87. The van der Waals surface area contributed by atoms with Crippen LogP contribution in [0.25, 0.3) is 0 Å². The van der Waals surface area contributed by atoms with E-state index in [1.807, 2.05) is 18.7 Å². The van der Waals surface area contributed by atoms with E-state index in [2.05, 4.69) is 6.92 Å². The van der Waals surface area contributed by atoms with Crippen LogP contribution in [0.5, 0.6) is 0 Å². The van der Waals surface area contributed by atoms with Gasteiger partial charge < -0.3 is 4.90 Å². The zero-order valence-electron chi connectivity index (χ0n) is 10.2. The van der Waals surface area contributed by atoms with Crippen molar-refractivity contribution >= 4 is 5.91 Å². The van der Waals surface area contributed by atoms with Crippen molar-refractivity contribution in [3.05, 3.63) is 0 Å². The van der Waals surface area contributed by atoms with Crippen LogP contribution in [0, 0.1) is 5.92 Å². The summed E-state index contributed by atoms with van der Waals surface area (Å²) in [6, 6.07) is 0. The SMILES string of the molecule is CC.CC[C@H]1CCCCN(C(C)=O)C1. The number of amides is 1. The Kier molecular flexibility index (Phi) is 7.54. The molecule has 0 unspecified atom stereocenters. The van der Waals surface area contributed by atoms with E-state index in [9.17, 15) is 4.79 Å². The zero-order valence-corrected chi connectivity index (χ0v) is 10.2. The molecule has 0 aromatic rings. The predicted molar refractivity (Wildman–Crippen MR) is 61.2 cm³/mol. The van der Waals surface area contributed by atoms with E-state index < -0.39 is 0 Å². The summed E-state index contributed by atoms with van der Waals surface area (Å²) < 4.78 is 0. The summed E-state index contributed by atoms with van der Waals surface area (Å²) in [5.74, 6) is 0.992. The van der Waals surface area contributed by atoms with Gasteiger partial charge in [-0.05, 0) is 18.8 Å². The molecular weight excluding hydrogens is 174 g/mol. The summed E-state index contributed by atoms with van der Waals surface area (Å²) in [7, 11) is 0. The fraction of sp³-hybridized carbons (Fsp3) is 0.917. The molecule has 0 aromatic carbocycles. The van der Waals surface area contributed by atoms with Gasteiger partial charge in [0.25, 0.3) is 0 Å². The molecule has 0 aromatic heterocycles. The fourth-order valence-corrected chi connectivity index (χ4v) is 1.85. The first-order chi connectivity index (χ1) is 6.74. The highest BCUT2D eigenvalue weighted by atomic mass is 16.2. The second kappa shape index (κ2) is 7.84. The number of hydrogen-bond donors (Lipinski definition) is 0. The Morgan fingerprint density at radius 2 is 2.00 bits per heavy atom. The van der Waals surface area contributed by atoms with Crippen molar-refractivity contribution in [3.8, 4) is 0 Å². The van der Waals surface area contributed by atoms with Gasteiger partial charge in [0.2, 0.25) is 5.91 Å². The highest BCUT2D eigenvalue weighted by Gasteiger charge is 2.17. The van der Waals surface area contributed by atoms with Gasteiger partial charge in [-0.1, -0.05) is 33.6 Å². The van der Waals surface area contributed by atoms with E-state index in [0.29, 0.717) is 0 Å². The van der Waals surface area contributed by atoms with Crippen LogP contribution in [0.2, 0.25) is 0 Å². The summed E-state index contributed by atoms with van der Waals surface area (Å²) in [5, 5.41) is 0. The number of nitrogens with zero attached hydrogens (tertiary/aromatic N) is 1. The topological polar surface area (TPSA) is 20.3 Å². The quantitative estimate of drug-likeness (QED) is 0.635. The molecule has 1 fully saturated rings. The number of rotatable bonds is 1. The van der Waals surface area contributed by atoms with Crippen LogP contribution >= 0.6 is 0 Å². The Hall–Kier alpha value is -0.530. The highest BCUT2D eigenvalue weighted by molar-refractivity contribution is 5.73. The van der Waals surface area contributed by atoms with Gasteiger partial charge >= 0.3 is 0 Å². The van der Waals surface area contributed by atoms with Gasteiger partial charge in [-0.15, -0.1) is 0 Å². The molecule has 1 aliphatic rings. The predicted octanol–water partition coefficient (Wildman–Crippen LogP) is 3.07. The Morgan fingerprint density at radius 3 is 2.50 bits per heavy atom. The molecule has 0 spiro atoms. The van der Waals surface area contributed by atoms with Crippen LogP contribution in [0.3, 0.4) is 0 Å². The molecule has 1 rings (SSSR count). The second-order valence-electron chi connectivity index (χ2n) is 3.74. The molecule has 1 aliphatic heterocycles. The molecule has 0 aliphatic carbocycles. The summed E-state index contributed by atoms with van der Waals surface area (Å²) in [6.07, 6.45) is 5.00. The van der Waals surface area contributed by atoms with E-state index in [4.69, 9.17) is 0 Å². The molecule has 0 bridgehead atoms. The van der Waals surface area contributed by atoms with Gasteiger partial charge in [0, 0.05) is 20.0 Å². The molecule has 14 heavy (non-hydrogen) atoms. The standard InChI is InChI=1S/C10H19NO.C2H6/c1-3-10-6-4-5-7-11(8-10)9(2)12;1-2/h10H,3-8H2,1-2H3;1-2H3/t10-;/m0./s1. The van der Waals surface area contributed by atoms with Crippen LogP contribution in [-0.2, 0) is 4.79 Å². The van der Waals surface area contributed by atoms with Crippen LogP contribution in [-0.4, -0.2) is 23.9 Å². The van der Waals surface area contributed by atoms with Crippen molar-refractivity contribution in [3.63, 3.8) is 0 Å². The van der Waals surface area contributed by atoms with Crippen LogP contribution in [0.4, 0.5) is 0 Å². The third-order valence-corrected chi connectivity index (χ3v) is 2.79. The number of carbonyl (C=O) groups excluding carboxylic acids is 1. The molecule has 1 heterocycles. The van der Waals surface area contributed by atoms with Crippen LogP contribution in [0.15, 0.2) is 0 Å². The van der Waals surface area contributed by atoms with Gasteiger partial charge in [-0.2, -0.15) is 0 Å². The molecule has 0 saturated carbocycles. The molecule has 1 saturated heterocycles. The number of likely N-dealkylation sites (tertiary alicyclic amines) is 1. The first-order valence-electron chi connectivity index (χ1n) is 5.99. The van der Waals surface area contributed by atoms with E-state index in [0.717, 1.165) is 19.0 Å². The first-order valence-corrected chi connectivity index (χ1v) is 5.99. The monoisotopic (exact) mass is 199 g/mol. The smallest absolute Gasteiger partial charge is 0.219 e. The average molecular weight is 199 g/mol. The van der Waals surface area contributed by atoms with Gasteiger partial charge in [-0.25, -0.2) is 0 Å². The van der Waals surface area contributed by atoms with Crippen molar-refractivity contribution in [1.29, 1.82) is 0 Å². The molecule has 2 heteroatoms. The van der Waals surface area contributed by atoms with E-state index in [-0.39, 0.29) is 5.91 Å². The van der Waals surface area contributed by atoms with E-state index >= 15 is 0 Å². The molecule has 0 N–H and O–H groups in total. The number of hydrogen-bond acceptors (Lipinski definition) is 1. The van der Waals surface area contributed by atoms with Crippen molar-refractivity contribution in [2.45, 2.75) is 53.4 Å². The zero-order chi connectivity index (χ0) is 11.0. The molecule has 84 valence electrons. The van der Waals surface area contributed by atoms with Crippen LogP contribution < -0.4 is 0 Å². The maximum Gasteiger partial charge on any atom is 0.219 e. The third-order valence-electron chi connectivity index (χ3n) is 2.79. The Balaban J connectivity index is 0.000000791. The van der Waals surface area contributed by atoms with Gasteiger partial charge in [0.15, 0.2) is 0 Å². The Bertz CT molecular complexity index is 156. The lowest BCUT2D eigenvalue weighted by molar-refractivity contribution is -0.129. The highest BCUT2D eigenvalue weighted by Crippen LogP contribution is 2.18. The normalized spacial score (nSPS) is 22.0. The lowest BCUT2D eigenvalue weighted by Gasteiger charge is -2.22. The lowest BCUT2D eigenvalue weighted by atomic mass is 10.0. The first kappa shape index (κ1) is 13.5. The molecule has 2 nitrogen and oxygen atoms in total. The summed E-state index contributed by atoms with van der Waals surface area (Å²) in [5.41, 5.74) is 0. The van der Waals surface area contributed by atoms with E-state index in [1.54, 1.807) is 6.92 Å². The summed E-state index contributed by atoms with van der Waals surface area (Å²) in [4.78, 5) is 13.1. The maximum atomic E-state index is 11.1. The maximum absolute atomic E-state index is 11.1. The minimum absolute atomic E-state index is 0.246. The van der Waals surface area contributed by atoms with Crippen LogP contribution in [0.1, 0.15) is 53.4 Å². The van der Waals surface area contributed by atoms with Gasteiger partial charge in [0.1, 0.15) is 0 Å². The molecular formula is C12H25NO. The Morgan fingerprint density at radius 1 is 1.36 bits per heavy atom. The summed E-state index contributed by atoms with van der Waals surface area (Å²) >= 11 is 0. The molecule has 1 amide bonds. The third kappa shape index (κ3) is 4.64. The van der Waals surface area contributed by atoms with Crippen molar-refractivity contribution in [1.82, 2.24) is 4.90 Å². The lowest BCUT2D eigenvalue weighted by Crippen LogP contribution is -2.32. The van der Waals surface area contributed by atoms with Gasteiger partial charge in [-0.3, -0.25) is 4.79 Å². The minimum atomic E-state index is 0.246. The van der Waals surface area contributed by atoms with Gasteiger partial charge in [0.05, 0.1) is 0 Å². The average Bonchev–Trinajstić information content (AvgIpc) is 2.45. The fourth-order valence-electron chi connectivity index (χ4n) is 1.85. The number of carbonyl (C=O) groups is 1. The largest absolute Gasteiger partial charge is 0.343 e. The van der Waals surface area contributed by atoms with Crippen molar-refractivity contribution < 1.29 is 4.79 Å². The molecule has 1 atom stereocenters. The minimum Gasteiger partial charge on any atom is -0.343 e. The molecule has 0 radical (unpaired) electrons. The van der Waals surface area contributed by atoms with Crippen molar-refractivity contribution in [2.75, 3.05) is 13.1 Å².